The highest BCUT2D eigenvalue weighted by molar-refractivity contribution is 5.94. The SMILES string of the molecule is CCOC(=O)C(CC)(OC)C1=CC(=O)N2Cc3cc4ccccc4nc3C2C1. The molecule has 1 aromatic heterocycles. The molecule has 0 saturated heterocycles. The third-order valence-corrected chi connectivity index (χ3v) is 5.83. The number of carbonyl (C=O) groups is 2. The summed E-state index contributed by atoms with van der Waals surface area (Å²) in [4.78, 5) is 32.3. The normalized spacial score (nSPS) is 20.4. The fraction of sp³-hybridized carbons (Fsp3) is 0.409. The molecule has 1 aromatic carbocycles. The summed E-state index contributed by atoms with van der Waals surface area (Å²) in [6, 6.07) is 9.86. The molecular formula is C22H24N2O4. The molecule has 0 spiro atoms. The molecule has 3 heterocycles. The molecule has 0 bridgehead atoms. The molecule has 1 amide bonds. The number of rotatable bonds is 5. The van der Waals surface area contributed by atoms with Crippen molar-refractivity contribution in [3.8, 4) is 0 Å². The highest BCUT2D eigenvalue weighted by Gasteiger charge is 2.48. The van der Waals surface area contributed by atoms with Crippen molar-refractivity contribution in [1.29, 1.82) is 0 Å². The highest BCUT2D eigenvalue weighted by atomic mass is 16.6. The number of pyridine rings is 1. The Morgan fingerprint density at radius 1 is 1.32 bits per heavy atom. The number of ether oxygens (including phenoxy) is 2. The lowest BCUT2D eigenvalue weighted by Gasteiger charge is -2.37. The van der Waals surface area contributed by atoms with E-state index in [9.17, 15) is 9.59 Å². The van der Waals surface area contributed by atoms with Crippen molar-refractivity contribution in [2.75, 3.05) is 13.7 Å². The van der Waals surface area contributed by atoms with Crippen molar-refractivity contribution < 1.29 is 19.1 Å². The van der Waals surface area contributed by atoms with E-state index in [1.54, 1.807) is 13.0 Å². The van der Waals surface area contributed by atoms with E-state index in [-0.39, 0.29) is 18.6 Å². The summed E-state index contributed by atoms with van der Waals surface area (Å²) in [5.41, 5.74) is 2.29. The molecule has 0 saturated carbocycles. The van der Waals surface area contributed by atoms with Gasteiger partial charge in [0.05, 0.1) is 23.9 Å². The number of fused-ring (bicyclic) bond motifs is 4. The van der Waals surface area contributed by atoms with Gasteiger partial charge in [-0.3, -0.25) is 9.78 Å². The molecule has 2 unspecified atom stereocenters. The second-order valence-electron chi connectivity index (χ2n) is 7.19. The molecule has 6 heteroatoms. The van der Waals surface area contributed by atoms with Crippen molar-refractivity contribution in [2.45, 2.75) is 44.9 Å². The Labute approximate surface area is 164 Å². The molecule has 0 fully saturated rings. The van der Waals surface area contributed by atoms with Gasteiger partial charge in [0.15, 0.2) is 5.60 Å². The minimum atomic E-state index is -1.24. The number of hydrogen-bond acceptors (Lipinski definition) is 5. The van der Waals surface area contributed by atoms with E-state index in [2.05, 4.69) is 6.07 Å². The molecule has 28 heavy (non-hydrogen) atoms. The van der Waals surface area contributed by atoms with Gasteiger partial charge in [0.2, 0.25) is 5.91 Å². The van der Waals surface area contributed by atoms with Crippen molar-refractivity contribution in [2.24, 2.45) is 0 Å². The molecular weight excluding hydrogens is 356 g/mol. The average Bonchev–Trinajstić information content (AvgIpc) is 3.06. The van der Waals surface area contributed by atoms with Gasteiger partial charge in [0.25, 0.3) is 0 Å². The van der Waals surface area contributed by atoms with Crippen LogP contribution in [-0.2, 0) is 25.6 Å². The van der Waals surface area contributed by atoms with Crippen molar-refractivity contribution >= 4 is 22.8 Å². The number of methoxy groups -OCH3 is 1. The first-order valence-corrected chi connectivity index (χ1v) is 9.66. The Hall–Kier alpha value is -2.73. The summed E-state index contributed by atoms with van der Waals surface area (Å²) in [5.74, 6) is -0.565. The summed E-state index contributed by atoms with van der Waals surface area (Å²) in [5, 5.41) is 1.06. The maximum Gasteiger partial charge on any atom is 0.342 e. The molecule has 2 atom stereocenters. The van der Waals surface area contributed by atoms with Gasteiger partial charge in [0, 0.05) is 25.1 Å². The fourth-order valence-corrected chi connectivity index (χ4v) is 4.36. The number of benzene rings is 1. The standard InChI is InChI=1S/C22H24N2O4/c1-4-22(27-3,21(26)28-5-2)16-11-18-20-15(13-24(18)19(25)12-16)10-14-8-6-7-9-17(14)23-20/h6-10,12,18H,4-5,11,13H2,1-3H3. The first kappa shape index (κ1) is 18.6. The van der Waals surface area contributed by atoms with E-state index in [4.69, 9.17) is 14.5 Å². The quantitative estimate of drug-likeness (QED) is 0.745. The van der Waals surface area contributed by atoms with E-state index in [1.807, 2.05) is 36.1 Å². The van der Waals surface area contributed by atoms with E-state index in [0.717, 1.165) is 22.2 Å². The van der Waals surface area contributed by atoms with Crippen LogP contribution in [0.2, 0.25) is 0 Å². The lowest BCUT2D eigenvalue weighted by Crippen LogP contribution is -2.47. The Bertz CT molecular complexity index is 978. The zero-order valence-corrected chi connectivity index (χ0v) is 16.4. The van der Waals surface area contributed by atoms with Crippen molar-refractivity contribution in [3.05, 3.63) is 53.2 Å². The van der Waals surface area contributed by atoms with E-state index in [0.29, 0.717) is 25.0 Å². The van der Waals surface area contributed by atoms with Crippen LogP contribution in [0.4, 0.5) is 0 Å². The second kappa shape index (κ2) is 7.02. The largest absolute Gasteiger partial charge is 0.464 e. The molecule has 4 rings (SSSR count). The number of aromatic nitrogens is 1. The van der Waals surface area contributed by atoms with Crippen LogP contribution in [0.3, 0.4) is 0 Å². The minimum Gasteiger partial charge on any atom is -0.464 e. The predicted octanol–water partition coefficient (Wildman–Crippen LogP) is 3.31. The van der Waals surface area contributed by atoms with E-state index < -0.39 is 11.6 Å². The highest BCUT2D eigenvalue weighted by Crippen LogP contribution is 2.44. The van der Waals surface area contributed by atoms with E-state index in [1.165, 1.54) is 7.11 Å². The summed E-state index contributed by atoms with van der Waals surface area (Å²) in [7, 11) is 1.49. The molecule has 2 aliphatic heterocycles. The van der Waals surface area contributed by atoms with Gasteiger partial charge in [-0.15, -0.1) is 0 Å². The number of amides is 1. The molecule has 146 valence electrons. The van der Waals surface area contributed by atoms with Gasteiger partial charge in [-0.1, -0.05) is 25.1 Å². The van der Waals surface area contributed by atoms with Crippen LogP contribution in [0.15, 0.2) is 42.0 Å². The van der Waals surface area contributed by atoms with Crippen LogP contribution in [0.25, 0.3) is 10.9 Å². The number of para-hydroxylation sites is 1. The van der Waals surface area contributed by atoms with Crippen LogP contribution >= 0.6 is 0 Å². The smallest absolute Gasteiger partial charge is 0.342 e. The molecule has 0 aliphatic carbocycles. The van der Waals surface area contributed by atoms with Crippen LogP contribution < -0.4 is 0 Å². The van der Waals surface area contributed by atoms with Gasteiger partial charge in [0.1, 0.15) is 0 Å². The summed E-state index contributed by atoms with van der Waals surface area (Å²) >= 11 is 0. The minimum absolute atomic E-state index is 0.118. The Morgan fingerprint density at radius 2 is 2.11 bits per heavy atom. The van der Waals surface area contributed by atoms with Gasteiger partial charge < -0.3 is 14.4 Å². The van der Waals surface area contributed by atoms with Crippen LogP contribution in [-0.4, -0.2) is 41.1 Å². The maximum absolute atomic E-state index is 12.9. The van der Waals surface area contributed by atoms with Gasteiger partial charge in [-0.2, -0.15) is 0 Å². The molecule has 2 aliphatic rings. The molecule has 2 aromatic rings. The zero-order chi connectivity index (χ0) is 19.9. The van der Waals surface area contributed by atoms with Crippen molar-refractivity contribution in [3.63, 3.8) is 0 Å². The second-order valence-corrected chi connectivity index (χ2v) is 7.19. The van der Waals surface area contributed by atoms with Crippen LogP contribution in [0, 0.1) is 0 Å². The molecule has 6 nitrogen and oxygen atoms in total. The monoisotopic (exact) mass is 380 g/mol. The molecule has 0 N–H and O–H groups in total. The summed E-state index contributed by atoms with van der Waals surface area (Å²) in [6.07, 6.45) is 2.45. The third kappa shape index (κ3) is 2.71. The summed E-state index contributed by atoms with van der Waals surface area (Å²) < 4.78 is 10.9. The number of nitrogens with zero attached hydrogens (tertiary/aromatic N) is 2. The number of esters is 1. The maximum atomic E-state index is 12.9. The number of carbonyl (C=O) groups excluding carboxylic acids is 2. The fourth-order valence-electron chi connectivity index (χ4n) is 4.36. The first-order chi connectivity index (χ1) is 13.5. The Kier molecular flexibility index (Phi) is 4.67. The Morgan fingerprint density at radius 3 is 2.82 bits per heavy atom. The average molecular weight is 380 g/mol. The lowest BCUT2D eigenvalue weighted by molar-refractivity contribution is -0.165. The predicted molar refractivity (Wildman–Crippen MR) is 104 cm³/mol. The van der Waals surface area contributed by atoms with Crippen LogP contribution in [0.5, 0.6) is 0 Å². The van der Waals surface area contributed by atoms with Gasteiger partial charge >= 0.3 is 5.97 Å². The third-order valence-electron chi connectivity index (χ3n) is 5.83. The van der Waals surface area contributed by atoms with Crippen LogP contribution in [0.1, 0.15) is 44.0 Å². The van der Waals surface area contributed by atoms with Crippen molar-refractivity contribution in [1.82, 2.24) is 9.88 Å². The van der Waals surface area contributed by atoms with Gasteiger partial charge in [-0.25, -0.2) is 4.79 Å². The lowest BCUT2D eigenvalue weighted by atomic mass is 9.83. The Balaban J connectivity index is 1.75. The molecule has 0 radical (unpaired) electrons. The van der Waals surface area contributed by atoms with E-state index >= 15 is 0 Å². The number of hydrogen-bond donors (Lipinski definition) is 0. The summed E-state index contributed by atoms with van der Waals surface area (Å²) in [6.45, 7) is 4.42. The van der Waals surface area contributed by atoms with Gasteiger partial charge in [-0.05, 0) is 43.0 Å². The topological polar surface area (TPSA) is 68.7 Å². The zero-order valence-electron chi connectivity index (χ0n) is 16.4. The first-order valence-electron chi connectivity index (χ1n) is 9.66.